The van der Waals surface area contributed by atoms with E-state index >= 15 is 0 Å². The fourth-order valence-corrected chi connectivity index (χ4v) is 4.89. The minimum absolute atomic E-state index is 0.0793. The number of thiophene rings is 1. The normalized spacial score (nSPS) is 12.0. The zero-order valence-electron chi connectivity index (χ0n) is 19.3. The van der Waals surface area contributed by atoms with Crippen molar-refractivity contribution in [3.8, 4) is 5.75 Å². The highest BCUT2D eigenvalue weighted by Gasteiger charge is 2.33. The van der Waals surface area contributed by atoms with Crippen molar-refractivity contribution in [2.75, 3.05) is 13.7 Å². The summed E-state index contributed by atoms with van der Waals surface area (Å²) in [7, 11) is 1.41. The van der Waals surface area contributed by atoms with E-state index < -0.39 is 5.41 Å². The molecule has 164 valence electrons. The number of Topliss-reactive ketones (excluding diaryl/α,β-unsaturated/α-hetero) is 1. The Morgan fingerprint density at radius 3 is 2.20 bits per heavy atom. The van der Waals surface area contributed by atoms with Gasteiger partial charge in [-0.25, -0.2) is 4.79 Å². The van der Waals surface area contributed by atoms with Gasteiger partial charge in [0.2, 0.25) is 0 Å². The second-order valence-corrected chi connectivity index (χ2v) is 9.67. The fourth-order valence-electron chi connectivity index (χ4n) is 3.61. The first kappa shape index (κ1) is 24.1. The third-order valence-corrected chi connectivity index (χ3v) is 7.13. The van der Waals surface area contributed by atoms with Crippen LogP contribution < -0.4 is 4.74 Å². The molecule has 0 aliphatic rings. The maximum absolute atomic E-state index is 12.3. The van der Waals surface area contributed by atoms with Crippen LogP contribution in [0.3, 0.4) is 0 Å². The summed E-state index contributed by atoms with van der Waals surface area (Å²) in [4.78, 5) is 26.0. The number of benzene rings is 1. The number of hydrogen-bond acceptors (Lipinski definition) is 5. The molecule has 0 radical (unpaired) electrons. The van der Waals surface area contributed by atoms with Crippen LogP contribution in [0.25, 0.3) is 0 Å². The lowest BCUT2D eigenvalue weighted by atomic mass is 9.74. The minimum atomic E-state index is -0.414. The van der Waals surface area contributed by atoms with Crippen LogP contribution in [0.1, 0.15) is 80.1 Å². The van der Waals surface area contributed by atoms with Gasteiger partial charge in [-0.1, -0.05) is 53.7 Å². The molecule has 0 atom stereocenters. The molecule has 0 bridgehead atoms. The topological polar surface area (TPSA) is 52.6 Å². The standard InChI is InChI=1S/C25H34O4S/c1-8-17-15-18(11-12-19(17)29-16-21(26)24(4,5)6)25(9-2,10-3)22-14-13-20(30-22)23(27)28-7/h11-15H,8-10,16H2,1-7H3. The first-order chi connectivity index (χ1) is 14.1. The largest absolute Gasteiger partial charge is 0.486 e. The Morgan fingerprint density at radius 2 is 1.67 bits per heavy atom. The molecule has 0 saturated heterocycles. The van der Waals surface area contributed by atoms with E-state index in [1.54, 1.807) is 0 Å². The zero-order valence-corrected chi connectivity index (χ0v) is 20.1. The Balaban J connectivity index is 2.40. The summed E-state index contributed by atoms with van der Waals surface area (Å²) in [5.41, 5.74) is 1.70. The molecule has 0 saturated carbocycles. The monoisotopic (exact) mass is 430 g/mol. The Labute approximate surface area is 184 Å². The average Bonchev–Trinajstić information content (AvgIpc) is 3.23. The van der Waals surface area contributed by atoms with Gasteiger partial charge >= 0.3 is 5.97 Å². The molecular formula is C25H34O4S. The Hall–Kier alpha value is -2.14. The van der Waals surface area contributed by atoms with Gasteiger partial charge in [-0.05, 0) is 48.6 Å². The molecule has 0 unspecified atom stereocenters. The van der Waals surface area contributed by atoms with Crippen molar-refractivity contribution in [2.24, 2.45) is 5.41 Å². The molecule has 1 aromatic carbocycles. The molecule has 30 heavy (non-hydrogen) atoms. The summed E-state index contributed by atoms with van der Waals surface area (Å²) in [6.07, 6.45) is 2.64. The number of ether oxygens (including phenoxy) is 2. The summed E-state index contributed by atoms with van der Waals surface area (Å²) in [5.74, 6) is 0.550. The van der Waals surface area contributed by atoms with E-state index in [-0.39, 0.29) is 23.8 Å². The number of ketones is 1. The van der Waals surface area contributed by atoms with Crippen LogP contribution in [0.15, 0.2) is 30.3 Å². The van der Waals surface area contributed by atoms with E-state index in [1.807, 2.05) is 39.0 Å². The maximum atomic E-state index is 12.3. The first-order valence-corrected chi connectivity index (χ1v) is 11.4. The Morgan fingerprint density at radius 1 is 1.00 bits per heavy atom. The van der Waals surface area contributed by atoms with Gasteiger partial charge in [0.05, 0.1) is 7.11 Å². The van der Waals surface area contributed by atoms with Crippen LogP contribution >= 0.6 is 11.3 Å². The highest BCUT2D eigenvalue weighted by molar-refractivity contribution is 7.14. The predicted octanol–water partition coefficient (Wildman–Crippen LogP) is 6.20. The SMILES string of the molecule is CCc1cc(C(CC)(CC)c2ccc(C(=O)OC)s2)ccc1OCC(=O)C(C)(C)C. The van der Waals surface area contributed by atoms with Gasteiger partial charge in [-0.2, -0.15) is 0 Å². The number of carbonyl (C=O) groups is 2. The van der Waals surface area contributed by atoms with Crippen LogP contribution in [-0.2, 0) is 21.4 Å². The third kappa shape index (κ3) is 4.94. The van der Waals surface area contributed by atoms with Gasteiger partial charge in [0.25, 0.3) is 0 Å². The van der Waals surface area contributed by atoms with E-state index in [9.17, 15) is 9.59 Å². The number of aryl methyl sites for hydroxylation is 1. The van der Waals surface area contributed by atoms with Gasteiger partial charge in [-0.15, -0.1) is 11.3 Å². The van der Waals surface area contributed by atoms with E-state index in [1.165, 1.54) is 24.0 Å². The smallest absolute Gasteiger partial charge is 0.348 e. The summed E-state index contributed by atoms with van der Waals surface area (Å²) in [6, 6.07) is 10.2. The molecule has 0 fully saturated rings. The third-order valence-electron chi connectivity index (χ3n) is 5.86. The van der Waals surface area contributed by atoms with Crippen molar-refractivity contribution in [1.29, 1.82) is 0 Å². The molecule has 0 aliphatic carbocycles. The van der Waals surface area contributed by atoms with Crippen LogP contribution in [0.2, 0.25) is 0 Å². The molecule has 0 N–H and O–H groups in total. The molecule has 0 spiro atoms. The number of carbonyl (C=O) groups excluding carboxylic acids is 2. The lowest BCUT2D eigenvalue weighted by Crippen LogP contribution is -2.27. The molecule has 2 aromatic rings. The zero-order chi connectivity index (χ0) is 22.5. The van der Waals surface area contributed by atoms with Gasteiger partial charge in [0, 0.05) is 15.7 Å². The van der Waals surface area contributed by atoms with E-state index in [0.29, 0.717) is 4.88 Å². The molecular weight excluding hydrogens is 396 g/mol. The highest BCUT2D eigenvalue weighted by atomic mass is 32.1. The van der Waals surface area contributed by atoms with E-state index in [0.717, 1.165) is 35.5 Å². The van der Waals surface area contributed by atoms with Crippen molar-refractivity contribution in [3.63, 3.8) is 0 Å². The van der Waals surface area contributed by atoms with Gasteiger partial charge < -0.3 is 9.47 Å². The molecule has 1 heterocycles. The maximum Gasteiger partial charge on any atom is 0.348 e. The summed E-state index contributed by atoms with van der Waals surface area (Å²) < 4.78 is 10.8. The van der Waals surface area contributed by atoms with Crippen LogP contribution in [-0.4, -0.2) is 25.5 Å². The van der Waals surface area contributed by atoms with Crippen molar-refractivity contribution in [2.45, 2.75) is 66.2 Å². The second-order valence-electron chi connectivity index (χ2n) is 8.58. The first-order valence-electron chi connectivity index (χ1n) is 10.6. The van der Waals surface area contributed by atoms with Crippen molar-refractivity contribution < 1.29 is 19.1 Å². The molecule has 0 amide bonds. The van der Waals surface area contributed by atoms with Crippen molar-refractivity contribution in [1.82, 2.24) is 0 Å². The number of esters is 1. The molecule has 4 nitrogen and oxygen atoms in total. The summed E-state index contributed by atoms with van der Waals surface area (Å²) in [5, 5.41) is 0. The lowest BCUT2D eigenvalue weighted by molar-refractivity contribution is -0.128. The van der Waals surface area contributed by atoms with Crippen LogP contribution in [0.5, 0.6) is 5.75 Å². The number of methoxy groups -OCH3 is 1. The quantitative estimate of drug-likeness (QED) is 0.445. The highest BCUT2D eigenvalue weighted by Crippen LogP contribution is 2.43. The summed E-state index contributed by atoms with van der Waals surface area (Å²) >= 11 is 1.50. The fraction of sp³-hybridized carbons (Fsp3) is 0.520. The summed E-state index contributed by atoms with van der Waals surface area (Å²) in [6.45, 7) is 12.3. The van der Waals surface area contributed by atoms with Crippen molar-refractivity contribution >= 4 is 23.1 Å². The van der Waals surface area contributed by atoms with Gasteiger partial charge in [0.1, 0.15) is 17.2 Å². The molecule has 5 heteroatoms. The molecule has 2 rings (SSSR count). The predicted molar refractivity (Wildman–Crippen MR) is 123 cm³/mol. The molecule has 1 aromatic heterocycles. The lowest BCUT2D eigenvalue weighted by Gasteiger charge is -2.32. The number of hydrogen-bond donors (Lipinski definition) is 0. The van der Waals surface area contributed by atoms with Gasteiger partial charge in [0.15, 0.2) is 5.78 Å². The number of rotatable bonds is 9. The van der Waals surface area contributed by atoms with Crippen LogP contribution in [0, 0.1) is 5.41 Å². The second kappa shape index (κ2) is 9.78. The van der Waals surface area contributed by atoms with Crippen LogP contribution in [0.4, 0.5) is 0 Å². The van der Waals surface area contributed by atoms with Crippen molar-refractivity contribution in [3.05, 3.63) is 51.2 Å². The Kier molecular flexibility index (Phi) is 7.87. The average molecular weight is 431 g/mol. The van der Waals surface area contributed by atoms with E-state index in [2.05, 4.69) is 32.9 Å². The van der Waals surface area contributed by atoms with E-state index in [4.69, 9.17) is 9.47 Å². The molecule has 0 aliphatic heterocycles. The van der Waals surface area contributed by atoms with Gasteiger partial charge in [-0.3, -0.25) is 4.79 Å². The Bertz CT molecular complexity index is 885. The minimum Gasteiger partial charge on any atom is -0.486 e.